The van der Waals surface area contributed by atoms with Gasteiger partial charge in [0.15, 0.2) is 0 Å². The average molecular weight is 370 g/mol. The van der Waals surface area contributed by atoms with Crippen molar-refractivity contribution < 1.29 is 14.3 Å². The molecule has 142 valence electrons. The van der Waals surface area contributed by atoms with Gasteiger partial charge in [0, 0.05) is 24.6 Å². The first-order valence-electron chi connectivity index (χ1n) is 8.75. The molecule has 1 unspecified atom stereocenters. The fraction of sp³-hybridized carbons (Fsp3) is 0.368. The van der Waals surface area contributed by atoms with E-state index in [1.165, 1.54) is 24.8 Å². The Morgan fingerprint density at radius 3 is 2.59 bits per heavy atom. The zero-order chi connectivity index (χ0) is 19.6. The number of benzene rings is 1. The average Bonchev–Trinajstić information content (AvgIpc) is 3.46. The number of amides is 2. The summed E-state index contributed by atoms with van der Waals surface area (Å²) in [6, 6.07) is 7.28. The number of hydrogen-bond acceptors (Lipinski definition) is 5. The first-order chi connectivity index (χ1) is 12.9. The molecule has 1 atom stereocenters. The van der Waals surface area contributed by atoms with Gasteiger partial charge in [0.25, 0.3) is 5.56 Å². The first kappa shape index (κ1) is 18.6. The van der Waals surface area contributed by atoms with Gasteiger partial charge in [0.1, 0.15) is 11.8 Å². The van der Waals surface area contributed by atoms with Crippen LogP contribution in [-0.4, -0.2) is 28.7 Å². The second kappa shape index (κ2) is 7.61. The zero-order valence-electron chi connectivity index (χ0n) is 15.5. The largest absolute Gasteiger partial charge is 0.495 e. The van der Waals surface area contributed by atoms with Crippen molar-refractivity contribution in [1.82, 2.24) is 9.78 Å². The van der Waals surface area contributed by atoms with Crippen LogP contribution in [0.25, 0.3) is 0 Å². The third-order valence-electron chi connectivity index (χ3n) is 4.37. The third-order valence-corrected chi connectivity index (χ3v) is 4.37. The Morgan fingerprint density at radius 1 is 1.22 bits per heavy atom. The van der Waals surface area contributed by atoms with Crippen LogP contribution in [0.3, 0.4) is 0 Å². The summed E-state index contributed by atoms with van der Waals surface area (Å²) in [4.78, 5) is 36.1. The minimum absolute atomic E-state index is 0.224. The van der Waals surface area contributed by atoms with E-state index >= 15 is 0 Å². The van der Waals surface area contributed by atoms with Crippen LogP contribution in [0.2, 0.25) is 0 Å². The Labute approximate surface area is 156 Å². The monoisotopic (exact) mass is 370 g/mol. The van der Waals surface area contributed by atoms with E-state index < -0.39 is 11.9 Å². The number of nitrogens with one attached hydrogen (secondary N) is 2. The SMILES string of the molecule is COc1ccc(NC(C)=O)cc1NC(=O)C(C)n1nc(C2CC2)ccc1=O. The van der Waals surface area contributed by atoms with Crippen molar-refractivity contribution in [3.63, 3.8) is 0 Å². The molecule has 1 aliphatic rings. The zero-order valence-corrected chi connectivity index (χ0v) is 15.5. The van der Waals surface area contributed by atoms with Gasteiger partial charge in [-0.2, -0.15) is 5.10 Å². The molecule has 1 heterocycles. The van der Waals surface area contributed by atoms with Crippen LogP contribution in [0.1, 0.15) is 44.3 Å². The number of anilines is 2. The number of ether oxygens (including phenoxy) is 1. The predicted molar refractivity (Wildman–Crippen MR) is 101 cm³/mol. The van der Waals surface area contributed by atoms with E-state index in [9.17, 15) is 14.4 Å². The number of carbonyl (C=O) groups is 2. The van der Waals surface area contributed by atoms with Gasteiger partial charge in [0.05, 0.1) is 18.5 Å². The Kier molecular flexibility index (Phi) is 5.25. The summed E-state index contributed by atoms with van der Waals surface area (Å²) >= 11 is 0. The topological polar surface area (TPSA) is 102 Å². The molecular weight excluding hydrogens is 348 g/mol. The molecule has 0 saturated heterocycles. The fourth-order valence-corrected chi connectivity index (χ4v) is 2.75. The van der Waals surface area contributed by atoms with Crippen molar-refractivity contribution in [2.24, 2.45) is 0 Å². The minimum Gasteiger partial charge on any atom is -0.495 e. The second-order valence-electron chi connectivity index (χ2n) is 6.58. The molecular formula is C19H22N4O4. The maximum Gasteiger partial charge on any atom is 0.267 e. The lowest BCUT2D eigenvalue weighted by atomic mass is 10.2. The summed E-state index contributed by atoms with van der Waals surface area (Å²) in [5.41, 5.74) is 1.42. The predicted octanol–water partition coefficient (Wildman–Crippen LogP) is 2.29. The summed E-state index contributed by atoms with van der Waals surface area (Å²) in [7, 11) is 1.48. The lowest BCUT2D eigenvalue weighted by Gasteiger charge is -2.17. The fourth-order valence-electron chi connectivity index (χ4n) is 2.75. The number of rotatable bonds is 6. The molecule has 2 aromatic rings. The van der Waals surface area contributed by atoms with E-state index in [0.29, 0.717) is 23.0 Å². The van der Waals surface area contributed by atoms with Crippen molar-refractivity contribution in [1.29, 1.82) is 0 Å². The molecule has 2 amide bonds. The highest BCUT2D eigenvalue weighted by Gasteiger charge is 2.27. The van der Waals surface area contributed by atoms with Crippen molar-refractivity contribution in [3.05, 3.63) is 46.4 Å². The molecule has 8 heteroatoms. The lowest BCUT2D eigenvalue weighted by molar-refractivity contribution is -0.119. The van der Waals surface area contributed by atoms with Crippen molar-refractivity contribution in [3.8, 4) is 5.75 Å². The summed E-state index contributed by atoms with van der Waals surface area (Å²) in [6.45, 7) is 3.01. The standard InChI is InChI=1S/C19H22N4O4/c1-11(23-18(25)9-7-15(22-23)13-4-5-13)19(26)21-16-10-14(20-12(2)24)6-8-17(16)27-3/h6-11,13H,4-5H2,1-3H3,(H,20,24)(H,21,26). The van der Waals surface area contributed by atoms with Gasteiger partial charge < -0.3 is 15.4 Å². The molecule has 1 fully saturated rings. The summed E-state index contributed by atoms with van der Waals surface area (Å²) in [6.07, 6.45) is 2.11. The number of nitrogens with zero attached hydrogens (tertiary/aromatic N) is 2. The van der Waals surface area contributed by atoms with Gasteiger partial charge in [-0.3, -0.25) is 14.4 Å². The molecule has 8 nitrogen and oxygen atoms in total. The maximum absolute atomic E-state index is 12.7. The molecule has 0 spiro atoms. The smallest absolute Gasteiger partial charge is 0.267 e. The molecule has 3 rings (SSSR count). The Hall–Kier alpha value is -3.16. The van der Waals surface area contributed by atoms with Gasteiger partial charge in [-0.05, 0) is 44.0 Å². The number of carbonyl (C=O) groups excluding carboxylic acids is 2. The normalized spacial score (nSPS) is 14.3. The molecule has 1 saturated carbocycles. The van der Waals surface area contributed by atoms with Gasteiger partial charge in [0.2, 0.25) is 11.8 Å². The third kappa shape index (κ3) is 4.33. The quantitative estimate of drug-likeness (QED) is 0.812. The number of methoxy groups -OCH3 is 1. The van der Waals surface area contributed by atoms with E-state index in [2.05, 4.69) is 15.7 Å². The van der Waals surface area contributed by atoms with E-state index in [4.69, 9.17) is 4.74 Å². The molecule has 1 aromatic carbocycles. The van der Waals surface area contributed by atoms with Crippen LogP contribution < -0.4 is 20.9 Å². The number of aromatic nitrogens is 2. The van der Waals surface area contributed by atoms with E-state index in [0.717, 1.165) is 18.5 Å². The van der Waals surface area contributed by atoms with E-state index in [1.807, 2.05) is 0 Å². The highest BCUT2D eigenvalue weighted by Crippen LogP contribution is 2.38. The Balaban J connectivity index is 1.83. The highest BCUT2D eigenvalue weighted by molar-refractivity contribution is 5.96. The molecule has 27 heavy (non-hydrogen) atoms. The van der Waals surface area contributed by atoms with Crippen molar-refractivity contribution in [2.75, 3.05) is 17.7 Å². The van der Waals surface area contributed by atoms with Gasteiger partial charge >= 0.3 is 0 Å². The van der Waals surface area contributed by atoms with Crippen LogP contribution >= 0.6 is 0 Å². The Bertz CT molecular complexity index is 934. The van der Waals surface area contributed by atoms with Crippen LogP contribution in [-0.2, 0) is 9.59 Å². The van der Waals surface area contributed by atoms with E-state index in [1.54, 1.807) is 31.2 Å². The summed E-state index contributed by atoms with van der Waals surface area (Å²) in [5.74, 6) is 0.188. The van der Waals surface area contributed by atoms with Crippen molar-refractivity contribution in [2.45, 2.75) is 38.6 Å². The molecule has 0 aliphatic heterocycles. The minimum atomic E-state index is -0.801. The molecule has 0 radical (unpaired) electrons. The summed E-state index contributed by atoms with van der Waals surface area (Å²) < 4.78 is 6.46. The molecule has 2 N–H and O–H groups in total. The van der Waals surface area contributed by atoms with Crippen LogP contribution in [0, 0.1) is 0 Å². The number of hydrogen-bond donors (Lipinski definition) is 2. The van der Waals surface area contributed by atoms with Crippen LogP contribution in [0.4, 0.5) is 11.4 Å². The van der Waals surface area contributed by atoms with Gasteiger partial charge in [-0.15, -0.1) is 0 Å². The van der Waals surface area contributed by atoms with E-state index in [-0.39, 0.29) is 11.5 Å². The summed E-state index contributed by atoms with van der Waals surface area (Å²) in [5, 5.41) is 9.75. The molecule has 0 bridgehead atoms. The Morgan fingerprint density at radius 2 is 1.96 bits per heavy atom. The van der Waals surface area contributed by atoms with Gasteiger partial charge in [-0.25, -0.2) is 4.68 Å². The lowest BCUT2D eigenvalue weighted by Crippen LogP contribution is -2.33. The van der Waals surface area contributed by atoms with Crippen LogP contribution in [0.15, 0.2) is 35.1 Å². The van der Waals surface area contributed by atoms with Gasteiger partial charge in [-0.1, -0.05) is 0 Å². The van der Waals surface area contributed by atoms with Crippen LogP contribution in [0.5, 0.6) is 5.75 Å². The first-order valence-corrected chi connectivity index (χ1v) is 8.75. The molecule has 1 aliphatic carbocycles. The van der Waals surface area contributed by atoms with Crippen molar-refractivity contribution >= 4 is 23.2 Å². The second-order valence-corrected chi connectivity index (χ2v) is 6.58. The molecule has 1 aromatic heterocycles. The highest BCUT2D eigenvalue weighted by atomic mass is 16.5. The maximum atomic E-state index is 12.7.